The first kappa shape index (κ1) is 39.9. The maximum Gasteiger partial charge on any atom is 0.189 e. The van der Waals surface area contributed by atoms with Crippen LogP contribution in [0.15, 0.2) is 182 Å². The zero-order valence-corrected chi connectivity index (χ0v) is 38.6. The van der Waals surface area contributed by atoms with Crippen molar-refractivity contribution in [3.05, 3.63) is 210 Å². The van der Waals surface area contributed by atoms with E-state index < -0.39 is 16.1 Å². The van der Waals surface area contributed by atoms with E-state index in [1.54, 1.807) is 0 Å². The molecule has 9 aromatic carbocycles. The van der Waals surface area contributed by atoms with E-state index in [0.717, 1.165) is 34.1 Å². The number of para-hydroxylation sites is 2. The van der Waals surface area contributed by atoms with E-state index in [1.165, 1.54) is 54.6 Å². The summed E-state index contributed by atoms with van der Waals surface area (Å²) in [5.41, 5.74) is 13.1. The Labute approximate surface area is 372 Å². The molecular formula is C57H48N4Si2. The summed E-state index contributed by atoms with van der Waals surface area (Å²) in [5.74, 6) is 0. The third-order valence-electron chi connectivity index (χ3n) is 13.3. The standard InChI is InChI=1S/C57H48N4Si2/c1-59-41-19-17-25-45(36-41)61(43-22-12-9-13-23-43)46-29-32-48-40(35-46)28-31-52-54-50-27-15-14-26-49(50)53-37-47(60(42-20-10-8-11-21-42)44-24-16-18-39(34-44)38-58)30-33-51(53)56(54)57(55(48)52,62(2,3)4)63(5,6)7/h8-37H,2-7H3. The molecule has 0 fully saturated rings. The summed E-state index contributed by atoms with van der Waals surface area (Å²) in [6, 6.07) is 67.2. The molecule has 0 N–H and O–H groups in total. The Morgan fingerprint density at radius 3 is 1.62 bits per heavy atom. The Hall–Kier alpha value is -7.23. The van der Waals surface area contributed by atoms with Crippen molar-refractivity contribution >= 4 is 88.3 Å². The number of anilines is 6. The van der Waals surface area contributed by atoms with Crippen LogP contribution >= 0.6 is 0 Å². The van der Waals surface area contributed by atoms with Crippen LogP contribution in [0.1, 0.15) is 16.7 Å². The summed E-state index contributed by atoms with van der Waals surface area (Å²) >= 11 is 0. The van der Waals surface area contributed by atoms with Crippen molar-refractivity contribution in [2.75, 3.05) is 9.80 Å². The predicted octanol–water partition coefficient (Wildman–Crippen LogP) is 16.5. The number of nitriles is 1. The lowest BCUT2D eigenvalue weighted by molar-refractivity contribution is 0.973. The molecule has 0 heterocycles. The van der Waals surface area contributed by atoms with Crippen molar-refractivity contribution in [1.82, 2.24) is 0 Å². The first-order valence-electron chi connectivity index (χ1n) is 21.7. The summed E-state index contributed by atoms with van der Waals surface area (Å²) < 4.78 is -0.154. The van der Waals surface area contributed by atoms with Gasteiger partial charge in [0.15, 0.2) is 5.69 Å². The number of nitrogens with zero attached hydrogens (tertiary/aromatic N) is 4. The highest BCUT2D eigenvalue weighted by Gasteiger charge is 2.60. The van der Waals surface area contributed by atoms with Crippen molar-refractivity contribution in [2.45, 2.75) is 43.9 Å². The van der Waals surface area contributed by atoms with Crippen molar-refractivity contribution in [3.8, 4) is 17.2 Å². The molecule has 1 aliphatic rings. The predicted molar refractivity (Wildman–Crippen MR) is 272 cm³/mol. The highest BCUT2D eigenvalue weighted by molar-refractivity contribution is 7.00. The second-order valence-electron chi connectivity index (χ2n) is 18.8. The second kappa shape index (κ2) is 15.0. The van der Waals surface area contributed by atoms with Crippen molar-refractivity contribution in [1.29, 1.82) is 5.26 Å². The van der Waals surface area contributed by atoms with Crippen LogP contribution < -0.4 is 9.80 Å². The van der Waals surface area contributed by atoms with Gasteiger partial charge in [-0.1, -0.05) is 142 Å². The van der Waals surface area contributed by atoms with Crippen LogP contribution in [0.5, 0.6) is 0 Å². The van der Waals surface area contributed by atoms with Crippen molar-refractivity contribution < 1.29 is 0 Å². The first-order valence-corrected chi connectivity index (χ1v) is 28.7. The van der Waals surface area contributed by atoms with Crippen molar-refractivity contribution in [3.63, 3.8) is 0 Å². The Morgan fingerprint density at radius 1 is 0.460 bits per heavy atom. The maximum atomic E-state index is 9.93. The Bertz CT molecular complexity index is 3340. The average molecular weight is 845 g/mol. The fourth-order valence-corrected chi connectivity index (χ4v) is 24.3. The van der Waals surface area contributed by atoms with E-state index in [1.807, 2.05) is 48.5 Å². The molecule has 0 amide bonds. The van der Waals surface area contributed by atoms with Gasteiger partial charge < -0.3 is 9.80 Å². The van der Waals surface area contributed by atoms with Gasteiger partial charge in [-0.3, -0.25) is 0 Å². The maximum absolute atomic E-state index is 9.93. The molecule has 6 heteroatoms. The highest BCUT2D eigenvalue weighted by atomic mass is 28.4. The van der Waals surface area contributed by atoms with Gasteiger partial charge in [0.25, 0.3) is 0 Å². The third kappa shape index (κ3) is 6.21. The van der Waals surface area contributed by atoms with Crippen LogP contribution in [0.3, 0.4) is 0 Å². The van der Waals surface area contributed by atoms with Gasteiger partial charge in [-0.25, -0.2) is 4.85 Å². The second-order valence-corrected chi connectivity index (χ2v) is 29.8. The average Bonchev–Trinajstić information content (AvgIpc) is 3.64. The molecule has 1 aliphatic carbocycles. The Morgan fingerprint density at radius 2 is 1.00 bits per heavy atom. The summed E-state index contributed by atoms with van der Waals surface area (Å²) in [5, 5.41) is 17.6. The minimum absolute atomic E-state index is 0.154. The molecule has 0 aromatic heterocycles. The van der Waals surface area contributed by atoms with Gasteiger partial charge in [0.05, 0.1) is 34.4 Å². The van der Waals surface area contributed by atoms with Crippen LogP contribution in [0.4, 0.5) is 39.8 Å². The van der Waals surface area contributed by atoms with E-state index in [-0.39, 0.29) is 4.66 Å². The van der Waals surface area contributed by atoms with Gasteiger partial charge >= 0.3 is 0 Å². The van der Waals surface area contributed by atoms with Crippen LogP contribution in [-0.2, 0) is 4.66 Å². The van der Waals surface area contributed by atoms with Gasteiger partial charge in [-0.05, 0) is 133 Å². The lowest BCUT2D eigenvalue weighted by atomic mass is 9.91. The van der Waals surface area contributed by atoms with Crippen LogP contribution in [-0.4, -0.2) is 16.1 Å². The number of rotatable bonds is 8. The molecule has 4 nitrogen and oxygen atoms in total. The van der Waals surface area contributed by atoms with E-state index >= 15 is 0 Å². The molecule has 0 bridgehead atoms. The van der Waals surface area contributed by atoms with Crippen molar-refractivity contribution in [2.24, 2.45) is 0 Å². The molecule has 0 saturated heterocycles. The summed E-state index contributed by atoms with van der Waals surface area (Å²) in [7, 11) is -4.31. The molecule has 0 aliphatic heterocycles. The molecule has 9 aromatic rings. The fraction of sp³-hybridized carbons (Fsp3) is 0.123. The number of hydrogen-bond acceptors (Lipinski definition) is 3. The molecule has 0 spiro atoms. The van der Waals surface area contributed by atoms with Crippen LogP contribution in [0, 0.1) is 17.9 Å². The smallest absolute Gasteiger partial charge is 0.189 e. The normalized spacial score (nSPS) is 13.0. The molecule has 0 saturated carbocycles. The summed E-state index contributed by atoms with van der Waals surface area (Å²) in [6.45, 7) is 23.4. The van der Waals surface area contributed by atoms with Gasteiger partial charge in [0, 0.05) is 38.8 Å². The molecule has 63 heavy (non-hydrogen) atoms. The number of hydrogen-bond donors (Lipinski definition) is 0. The zero-order valence-electron chi connectivity index (χ0n) is 36.6. The summed E-state index contributed by atoms with van der Waals surface area (Å²) in [4.78, 5) is 8.33. The van der Waals surface area contributed by atoms with Gasteiger partial charge in [0.2, 0.25) is 0 Å². The van der Waals surface area contributed by atoms with E-state index in [9.17, 15) is 5.26 Å². The highest BCUT2D eigenvalue weighted by Crippen LogP contribution is 2.63. The molecule has 0 radical (unpaired) electrons. The molecule has 0 atom stereocenters. The van der Waals surface area contributed by atoms with E-state index in [2.05, 4.69) is 193 Å². The quantitative estimate of drug-likeness (QED) is 0.0868. The van der Waals surface area contributed by atoms with Crippen LogP contribution in [0.25, 0.3) is 48.3 Å². The monoisotopic (exact) mass is 844 g/mol. The molecule has 10 rings (SSSR count). The molecule has 304 valence electrons. The molecular weight excluding hydrogens is 797 g/mol. The van der Waals surface area contributed by atoms with Crippen LogP contribution in [0.2, 0.25) is 39.3 Å². The zero-order chi connectivity index (χ0) is 43.7. The Balaban J connectivity index is 1.26. The van der Waals surface area contributed by atoms with Gasteiger partial charge in [-0.2, -0.15) is 5.26 Å². The van der Waals surface area contributed by atoms with E-state index in [0.29, 0.717) is 11.3 Å². The first-order chi connectivity index (χ1) is 30.4. The third-order valence-corrected chi connectivity index (χ3v) is 23.3. The lowest BCUT2D eigenvalue weighted by Gasteiger charge is -2.52. The number of fused-ring (bicyclic) bond motifs is 10. The fourth-order valence-electron chi connectivity index (χ4n) is 11.3. The minimum atomic E-state index is -2.15. The minimum Gasteiger partial charge on any atom is -0.312 e. The largest absolute Gasteiger partial charge is 0.312 e. The van der Waals surface area contributed by atoms with Gasteiger partial charge in [-0.15, -0.1) is 0 Å². The SMILES string of the molecule is [C-]#[N+]c1cccc(N(c2ccccc2)c2ccc3c4c(ccc3c2)-c2c(c3ccc(N(c5ccccc5)c5cccc(C#N)c5)cc3c3ccccc23)C4([Si](C)(C)C)[Si](C)(C)C)c1. The van der Waals surface area contributed by atoms with E-state index in [4.69, 9.17) is 6.57 Å². The summed E-state index contributed by atoms with van der Waals surface area (Å²) in [6.07, 6.45) is 0. The topological polar surface area (TPSA) is 34.6 Å². The Kier molecular flexibility index (Phi) is 9.49. The lowest BCUT2D eigenvalue weighted by Crippen LogP contribution is -2.63. The van der Waals surface area contributed by atoms with Gasteiger partial charge in [0.1, 0.15) is 0 Å². The number of benzene rings is 9. The molecule has 0 unspecified atom stereocenters.